The van der Waals surface area contributed by atoms with E-state index in [0.717, 1.165) is 45.2 Å². The second-order valence-corrected chi connectivity index (χ2v) is 5.39. The maximum atomic E-state index is 11.2. The number of carbonyl (C=O) groups is 2. The van der Waals surface area contributed by atoms with Crippen LogP contribution in [0.1, 0.15) is 11.1 Å². The molecule has 0 radical (unpaired) electrons. The molecule has 0 saturated carbocycles. The predicted octanol–water partition coefficient (Wildman–Crippen LogP) is 4.04. The number of benzene rings is 2. The van der Waals surface area contributed by atoms with Crippen molar-refractivity contribution < 1.29 is 23.5 Å². The van der Waals surface area contributed by atoms with Gasteiger partial charge in [0.25, 0.3) is 0 Å². The van der Waals surface area contributed by atoms with Gasteiger partial charge < -0.3 is 13.9 Å². The molecular formula is C20H16O5. The number of fused-ring (bicyclic) bond motifs is 3. The van der Waals surface area contributed by atoms with Crippen molar-refractivity contribution in [3.63, 3.8) is 0 Å². The minimum atomic E-state index is -0.469. The van der Waals surface area contributed by atoms with Gasteiger partial charge in [-0.1, -0.05) is 25.3 Å². The molecule has 0 atom stereocenters. The highest BCUT2D eigenvalue weighted by Gasteiger charge is 2.10. The smallest absolute Gasteiger partial charge is 0.330 e. The molecule has 0 spiro atoms. The van der Waals surface area contributed by atoms with Crippen molar-refractivity contribution in [3.05, 3.63) is 72.8 Å². The quantitative estimate of drug-likeness (QED) is 0.502. The summed E-state index contributed by atoms with van der Waals surface area (Å²) in [6.45, 7) is 7.05. The lowest BCUT2D eigenvalue weighted by molar-refractivity contribution is -0.139. The molecule has 0 N–H and O–H groups in total. The zero-order valence-corrected chi connectivity index (χ0v) is 13.5. The van der Waals surface area contributed by atoms with Crippen LogP contribution in [0.3, 0.4) is 0 Å². The van der Waals surface area contributed by atoms with Crippen LogP contribution in [-0.2, 0) is 32.3 Å². The van der Waals surface area contributed by atoms with E-state index in [0.29, 0.717) is 0 Å². The van der Waals surface area contributed by atoms with Gasteiger partial charge in [-0.2, -0.15) is 0 Å². The molecule has 3 rings (SSSR count). The molecule has 1 aromatic heterocycles. The summed E-state index contributed by atoms with van der Waals surface area (Å²) in [4.78, 5) is 22.4. The number of ether oxygens (including phenoxy) is 2. The van der Waals surface area contributed by atoms with Crippen LogP contribution in [0.4, 0.5) is 0 Å². The first-order chi connectivity index (χ1) is 12.1. The number of rotatable bonds is 6. The molecule has 0 aliphatic carbocycles. The van der Waals surface area contributed by atoms with Crippen LogP contribution in [-0.4, -0.2) is 11.9 Å². The van der Waals surface area contributed by atoms with E-state index in [-0.39, 0.29) is 13.2 Å². The lowest BCUT2D eigenvalue weighted by atomic mass is 10.1. The molecule has 3 aromatic rings. The molecule has 0 unspecified atom stereocenters. The molecule has 2 aromatic carbocycles. The second kappa shape index (κ2) is 7.05. The lowest BCUT2D eigenvalue weighted by Crippen LogP contribution is -2.00. The predicted molar refractivity (Wildman–Crippen MR) is 93.7 cm³/mol. The zero-order valence-electron chi connectivity index (χ0n) is 13.5. The van der Waals surface area contributed by atoms with Crippen molar-refractivity contribution in [1.29, 1.82) is 0 Å². The minimum Gasteiger partial charge on any atom is -0.458 e. The van der Waals surface area contributed by atoms with Crippen LogP contribution in [0.15, 0.2) is 66.1 Å². The molecule has 126 valence electrons. The summed E-state index contributed by atoms with van der Waals surface area (Å²) in [6.07, 6.45) is 2.26. The van der Waals surface area contributed by atoms with Crippen LogP contribution in [0.25, 0.3) is 21.9 Å². The van der Waals surface area contributed by atoms with Crippen LogP contribution in [0.5, 0.6) is 0 Å². The van der Waals surface area contributed by atoms with E-state index in [1.807, 2.05) is 36.4 Å². The van der Waals surface area contributed by atoms with Crippen molar-refractivity contribution >= 4 is 33.9 Å². The summed E-state index contributed by atoms with van der Waals surface area (Å²) < 4.78 is 15.9. The normalized spacial score (nSPS) is 10.6. The molecule has 1 heterocycles. The van der Waals surface area contributed by atoms with Gasteiger partial charge in [0.05, 0.1) is 0 Å². The van der Waals surface area contributed by atoms with E-state index < -0.39 is 11.9 Å². The molecule has 5 heteroatoms. The Hall–Kier alpha value is -3.34. The highest BCUT2D eigenvalue weighted by Crippen LogP contribution is 2.30. The molecular weight excluding hydrogens is 320 g/mol. The third kappa shape index (κ3) is 3.61. The molecule has 25 heavy (non-hydrogen) atoms. The van der Waals surface area contributed by atoms with Gasteiger partial charge in [0, 0.05) is 22.9 Å². The van der Waals surface area contributed by atoms with E-state index in [2.05, 4.69) is 13.2 Å². The molecule has 0 aliphatic heterocycles. The minimum absolute atomic E-state index is 0.157. The largest absolute Gasteiger partial charge is 0.458 e. The first-order valence-corrected chi connectivity index (χ1v) is 7.63. The van der Waals surface area contributed by atoms with E-state index in [1.165, 1.54) is 0 Å². The van der Waals surface area contributed by atoms with Gasteiger partial charge in [0.1, 0.15) is 24.4 Å². The number of hydrogen-bond donors (Lipinski definition) is 0. The first kappa shape index (κ1) is 16.5. The van der Waals surface area contributed by atoms with Crippen molar-refractivity contribution in [3.8, 4) is 0 Å². The highest BCUT2D eigenvalue weighted by molar-refractivity contribution is 6.05. The summed E-state index contributed by atoms with van der Waals surface area (Å²) in [6, 6.07) is 11.2. The number of carbonyl (C=O) groups excluding carboxylic acids is 2. The Kier molecular flexibility index (Phi) is 4.66. The highest BCUT2D eigenvalue weighted by atomic mass is 16.5. The van der Waals surface area contributed by atoms with Crippen LogP contribution in [0, 0.1) is 0 Å². The molecule has 0 amide bonds. The standard InChI is InChI=1S/C20H16O5/c1-3-19(21)23-11-13-5-7-17-15(9-13)16-10-14(6-8-18(16)25-17)12-24-20(22)4-2/h3-10H,1-2,11-12H2. The van der Waals surface area contributed by atoms with Gasteiger partial charge >= 0.3 is 11.9 Å². The fourth-order valence-electron chi connectivity index (χ4n) is 2.48. The number of esters is 2. The molecule has 0 saturated heterocycles. The van der Waals surface area contributed by atoms with Crippen molar-refractivity contribution in [2.24, 2.45) is 0 Å². The van der Waals surface area contributed by atoms with Gasteiger partial charge in [-0.15, -0.1) is 0 Å². The molecule has 0 bridgehead atoms. The average molecular weight is 336 g/mol. The Bertz CT molecular complexity index is 902. The Morgan fingerprint density at radius 2 is 1.28 bits per heavy atom. The fourth-order valence-corrected chi connectivity index (χ4v) is 2.48. The van der Waals surface area contributed by atoms with Crippen LogP contribution in [0.2, 0.25) is 0 Å². The zero-order chi connectivity index (χ0) is 17.8. The Morgan fingerprint density at radius 1 is 0.840 bits per heavy atom. The average Bonchev–Trinajstić information content (AvgIpc) is 3.01. The van der Waals surface area contributed by atoms with Gasteiger partial charge in [0.15, 0.2) is 0 Å². The van der Waals surface area contributed by atoms with E-state index in [4.69, 9.17) is 13.9 Å². The Morgan fingerprint density at radius 3 is 1.68 bits per heavy atom. The molecule has 5 nitrogen and oxygen atoms in total. The van der Waals surface area contributed by atoms with Gasteiger partial charge in [-0.3, -0.25) is 0 Å². The van der Waals surface area contributed by atoms with Gasteiger partial charge in [-0.25, -0.2) is 9.59 Å². The summed E-state index contributed by atoms with van der Waals surface area (Å²) in [5.41, 5.74) is 3.14. The second-order valence-electron chi connectivity index (χ2n) is 5.39. The topological polar surface area (TPSA) is 65.7 Å². The molecule has 0 fully saturated rings. The first-order valence-electron chi connectivity index (χ1n) is 7.63. The third-order valence-electron chi connectivity index (χ3n) is 3.69. The summed E-state index contributed by atoms with van der Waals surface area (Å²) in [7, 11) is 0. The summed E-state index contributed by atoms with van der Waals surface area (Å²) >= 11 is 0. The molecule has 0 aliphatic rings. The van der Waals surface area contributed by atoms with E-state index in [1.54, 1.807) is 0 Å². The Labute approximate surface area is 144 Å². The Balaban J connectivity index is 1.92. The monoisotopic (exact) mass is 336 g/mol. The van der Waals surface area contributed by atoms with Crippen LogP contribution >= 0.6 is 0 Å². The number of hydrogen-bond acceptors (Lipinski definition) is 5. The number of furan rings is 1. The van der Waals surface area contributed by atoms with E-state index >= 15 is 0 Å². The fraction of sp³-hybridized carbons (Fsp3) is 0.100. The van der Waals surface area contributed by atoms with Crippen molar-refractivity contribution in [2.45, 2.75) is 13.2 Å². The maximum Gasteiger partial charge on any atom is 0.330 e. The summed E-state index contributed by atoms with van der Waals surface area (Å²) in [5.74, 6) is -0.938. The third-order valence-corrected chi connectivity index (χ3v) is 3.69. The summed E-state index contributed by atoms with van der Waals surface area (Å²) in [5, 5.41) is 1.80. The SMILES string of the molecule is C=CC(=O)OCc1ccc2oc3ccc(COC(=O)C=C)cc3c2c1. The van der Waals surface area contributed by atoms with Crippen LogP contribution < -0.4 is 0 Å². The maximum absolute atomic E-state index is 11.2. The van der Waals surface area contributed by atoms with Gasteiger partial charge in [0.2, 0.25) is 0 Å². The van der Waals surface area contributed by atoms with E-state index in [9.17, 15) is 9.59 Å². The van der Waals surface area contributed by atoms with Crippen molar-refractivity contribution in [2.75, 3.05) is 0 Å². The lowest BCUT2D eigenvalue weighted by Gasteiger charge is -2.03. The van der Waals surface area contributed by atoms with Crippen molar-refractivity contribution in [1.82, 2.24) is 0 Å². The van der Waals surface area contributed by atoms with Gasteiger partial charge in [-0.05, 0) is 35.4 Å².